The Balaban J connectivity index is 1.84. The molecule has 4 nitrogen and oxygen atoms in total. The molecule has 2 aliphatic heterocycles. The van der Waals surface area contributed by atoms with Gasteiger partial charge in [-0.05, 0) is 26.0 Å². The molecule has 1 saturated heterocycles. The smallest absolute Gasteiger partial charge is 0.134 e. The first-order valence-electron chi connectivity index (χ1n) is 7.92. The third-order valence-electron chi connectivity index (χ3n) is 4.68. The van der Waals surface area contributed by atoms with Gasteiger partial charge < -0.3 is 15.1 Å². The summed E-state index contributed by atoms with van der Waals surface area (Å²) in [6.45, 7) is 5.47. The fourth-order valence-corrected chi connectivity index (χ4v) is 3.44. The van der Waals surface area contributed by atoms with E-state index in [9.17, 15) is 0 Å². The lowest BCUT2D eigenvalue weighted by Crippen LogP contribution is -2.45. The molecular weight excluding hydrogens is 260 g/mol. The van der Waals surface area contributed by atoms with Crippen LogP contribution >= 0.6 is 0 Å². The van der Waals surface area contributed by atoms with Gasteiger partial charge in [-0.15, -0.1) is 0 Å². The van der Waals surface area contributed by atoms with Crippen molar-refractivity contribution in [3.63, 3.8) is 0 Å². The van der Waals surface area contributed by atoms with Crippen LogP contribution in [0.5, 0.6) is 0 Å². The lowest BCUT2D eigenvalue weighted by atomic mass is 10.00. The zero-order chi connectivity index (χ0) is 14.2. The van der Waals surface area contributed by atoms with Crippen molar-refractivity contribution in [3.05, 3.63) is 29.8 Å². The Kier molecular flexibility index (Phi) is 3.19. The first kappa shape index (κ1) is 12.9. The monoisotopic (exact) mass is 282 g/mol. The molecule has 0 aliphatic carbocycles. The van der Waals surface area contributed by atoms with Gasteiger partial charge in [-0.25, -0.2) is 4.98 Å². The molecule has 0 saturated carbocycles. The normalized spacial score (nSPS) is 19.4. The van der Waals surface area contributed by atoms with Crippen molar-refractivity contribution < 1.29 is 0 Å². The largest absolute Gasteiger partial charge is 0.384 e. The van der Waals surface area contributed by atoms with E-state index < -0.39 is 0 Å². The maximum absolute atomic E-state index is 5.00. The van der Waals surface area contributed by atoms with Crippen molar-refractivity contribution >= 4 is 22.4 Å². The minimum absolute atomic E-state index is 1.07. The van der Waals surface area contributed by atoms with Gasteiger partial charge in [-0.1, -0.05) is 18.2 Å². The maximum Gasteiger partial charge on any atom is 0.134 e. The molecule has 110 valence electrons. The number of benzene rings is 1. The van der Waals surface area contributed by atoms with Gasteiger partial charge >= 0.3 is 0 Å². The van der Waals surface area contributed by atoms with Gasteiger partial charge in [-0.3, -0.25) is 0 Å². The number of pyridine rings is 1. The molecule has 21 heavy (non-hydrogen) atoms. The van der Waals surface area contributed by atoms with Crippen molar-refractivity contribution in [2.75, 3.05) is 50.0 Å². The average molecular weight is 282 g/mol. The molecule has 0 unspecified atom stereocenters. The molecule has 0 radical (unpaired) electrons. The van der Waals surface area contributed by atoms with E-state index in [1.807, 2.05) is 0 Å². The van der Waals surface area contributed by atoms with Crippen LogP contribution in [0, 0.1) is 0 Å². The molecule has 1 N–H and O–H groups in total. The number of piperazine rings is 1. The first-order chi connectivity index (χ1) is 10.3. The zero-order valence-corrected chi connectivity index (χ0v) is 12.6. The van der Waals surface area contributed by atoms with Crippen molar-refractivity contribution in [2.24, 2.45) is 0 Å². The molecule has 1 aromatic carbocycles. The molecular formula is C17H22N4. The zero-order valence-electron chi connectivity index (χ0n) is 12.6. The Morgan fingerprint density at radius 1 is 1.10 bits per heavy atom. The lowest BCUT2D eigenvalue weighted by Gasteiger charge is -2.35. The third-order valence-corrected chi connectivity index (χ3v) is 4.68. The van der Waals surface area contributed by atoms with Crippen LogP contribution in [-0.2, 0) is 6.42 Å². The van der Waals surface area contributed by atoms with Gasteiger partial charge in [0, 0.05) is 43.7 Å². The van der Waals surface area contributed by atoms with Crippen LogP contribution in [0.4, 0.5) is 11.5 Å². The summed E-state index contributed by atoms with van der Waals surface area (Å²) in [6, 6.07) is 8.51. The number of hydrogen-bond donors (Lipinski definition) is 1. The van der Waals surface area contributed by atoms with Gasteiger partial charge in [0.1, 0.15) is 5.82 Å². The minimum Gasteiger partial charge on any atom is -0.384 e. The average Bonchev–Trinajstić information content (AvgIpc) is 2.55. The molecule has 4 heteroatoms. The van der Waals surface area contributed by atoms with Gasteiger partial charge in [0.05, 0.1) is 11.2 Å². The molecule has 0 spiro atoms. The van der Waals surface area contributed by atoms with Crippen molar-refractivity contribution in [3.8, 4) is 0 Å². The quantitative estimate of drug-likeness (QED) is 0.870. The molecule has 1 aromatic heterocycles. The predicted molar refractivity (Wildman–Crippen MR) is 88.3 cm³/mol. The summed E-state index contributed by atoms with van der Waals surface area (Å²) >= 11 is 0. The summed E-state index contributed by atoms with van der Waals surface area (Å²) in [5.41, 5.74) is 3.85. The summed E-state index contributed by atoms with van der Waals surface area (Å²) < 4.78 is 0. The Labute approximate surface area is 125 Å². The predicted octanol–water partition coefficient (Wildman–Crippen LogP) is 2.34. The molecule has 2 aliphatic rings. The van der Waals surface area contributed by atoms with Gasteiger partial charge in [-0.2, -0.15) is 0 Å². The highest BCUT2D eigenvalue weighted by Gasteiger charge is 2.23. The molecule has 0 amide bonds. The summed E-state index contributed by atoms with van der Waals surface area (Å²) in [7, 11) is 2.20. The van der Waals surface area contributed by atoms with E-state index in [0.717, 1.165) is 44.7 Å². The fraction of sp³-hybridized carbons (Fsp3) is 0.471. The van der Waals surface area contributed by atoms with E-state index in [2.05, 4.69) is 46.4 Å². The summed E-state index contributed by atoms with van der Waals surface area (Å²) in [4.78, 5) is 9.87. The number of anilines is 2. The van der Waals surface area contributed by atoms with Crippen LogP contribution in [-0.4, -0.2) is 49.7 Å². The highest BCUT2D eigenvalue weighted by molar-refractivity contribution is 5.96. The van der Waals surface area contributed by atoms with E-state index in [4.69, 9.17) is 4.98 Å². The molecule has 2 aromatic rings. The fourth-order valence-electron chi connectivity index (χ4n) is 3.44. The Morgan fingerprint density at radius 2 is 1.90 bits per heavy atom. The Morgan fingerprint density at radius 3 is 2.76 bits per heavy atom. The van der Waals surface area contributed by atoms with E-state index in [0.29, 0.717) is 0 Å². The second-order valence-electron chi connectivity index (χ2n) is 6.13. The number of rotatable bonds is 1. The van der Waals surface area contributed by atoms with Crippen LogP contribution in [0.3, 0.4) is 0 Å². The summed E-state index contributed by atoms with van der Waals surface area (Å²) in [6.07, 6.45) is 2.34. The highest BCUT2D eigenvalue weighted by atomic mass is 15.3. The molecule has 4 rings (SSSR count). The molecule has 0 bridgehead atoms. The van der Waals surface area contributed by atoms with E-state index in [1.165, 1.54) is 28.9 Å². The second kappa shape index (κ2) is 5.19. The van der Waals surface area contributed by atoms with Gasteiger partial charge in [0.15, 0.2) is 0 Å². The Hall–Kier alpha value is -1.81. The maximum atomic E-state index is 5.00. The second-order valence-corrected chi connectivity index (χ2v) is 6.13. The standard InChI is InChI=1S/C17H22N4/c1-20-9-11-21(12-10-20)17-14-6-4-8-18-16(14)13-5-2-3-7-15(13)19-17/h2-3,5,7,18H,4,6,8-12H2,1H3. The SMILES string of the molecule is CN1CCN(c2nc3ccccc3c3c2CCCN3)CC1. The Bertz CT molecular complexity index is 659. The molecule has 1 fully saturated rings. The van der Waals surface area contributed by atoms with E-state index >= 15 is 0 Å². The van der Waals surface area contributed by atoms with Crippen molar-refractivity contribution in [2.45, 2.75) is 12.8 Å². The summed E-state index contributed by atoms with van der Waals surface area (Å²) in [5, 5.41) is 4.89. The van der Waals surface area contributed by atoms with Gasteiger partial charge in [0.2, 0.25) is 0 Å². The van der Waals surface area contributed by atoms with Crippen molar-refractivity contribution in [1.82, 2.24) is 9.88 Å². The van der Waals surface area contributed by atoms with Crippen LogP contribution < -0.4 is 10.2 Å². The number of fused-ring (bicyclic) bond motifs is 3. The highest BCUT2D eigenvalue weighted by Crippen LogP contribution is 2.36. The topological polar surface area (TPSA) is 31.4 Å². The molecule has 3 heterocycles. The number of nitrogens with one attached hydrogen (secondary N) is 1. The van der Waals surface area contributed by atoms with Crippen LogP contribution in [0.2, 0.25) is 0 Å². The summed E-state index contributed by atoms with van der Waals surface area (Å²) in [5.74, 6) is 1.21. The van der Waals surface area contributed by atoms with Crippen molar-refractivity contribution in [1.29, 1.82) is 0 Å². The van der Waals surface area contributed by atoms with Crippen LogP contribution in [0.25, 0.3) is 10.9 Å². The van der Waals surface area contributed by atoms with Crippen LogP contribution in [0.1, 0.15) is 12.0 Å². The number of para-hydroxylation sites is 1. The number of likely N-dealkylation sites (N-methyl/N-ethyl adjacent to an activating group) is 1. The first-order valence-corrected chi connectivity index (χ1v) is 7.92. The van der Waals surface area contributed by atoms with E-state index in [1.54, 1.807) is 0 Å². The number of hydrogen-bond acceptors (Lipinski definition) is 4. The van der Waals surface area contributed by atoms with Gasteiger partial charge in [0.25, 0.3) is 0 Å². The number of nitrogens with zero attached hydrogens (tertiary/aromatic N) is 3. The van der Waals surface area contributed by atoms with E-state index in [-0.39, 0.29) is 0 Å². The van der Waals surface area contributed by atoms with Crippen LogP contribution in [0.15, 0.2) is 24.3 Å². The molecule has 0 atom stereocenters. The minimum atomic E-state index is 1.07. The number of aromatic nitrogens is 1. The third kappa shape index (κ3) is 2.23. The lowest BCUT2D eigenvalue weighted by molar-refractivity contribution is 0.312.